The van der Waals surface area contributed by atoms with Gasteiger partial charge in [-0.2, -0.15) is 0 Å². The van der Waals surface area contributed by atoms with Gasteiger partial charge in [-0.05, 0) is 67.9 Å². The summed E-state index contributed by atoms with van der Waals surface area (Å²) in [5.41, 5.74) is 0.323. The molecule has 3 fully saturated rings. The Balaban J connectivity index is 1.35. The molecular weight excluding hydrogens is 660 g/mol. The van der Waals surface area contributed by atoms with Crippen molar-refractivity contribution in [3.05, 3.63) is 48.0 Å². The molecule has 4 bridgehead atoms. The van der Waals surface area contributed by atoms with Crippen LogP contribution in [0, 0.1) is 11.3 Å². The highest BCUT2D eigenvalue weighted by Gasteiger charge is 2.62. The summed E-state index contributed by atoms with van der Waals surface area (Å²) >= 11 is 0. The Morgan fingerprint density at radius 2 is 1.70 bits per heavy atom. The molecule has 2 heterocycles. The van der Waals surface area contributed by atoms with Crippen LogP contribution in [0.2, 0.25) is 0 Å². The van der Waals surface area contributed by atoms with Crippen LogP contribution in [0.15, 0.2) is 36.9 Å². The molecule has 5 atom stereocenters. The Hall–Kier alpha value is -3.45. The summed E-state index contributed by atoms with van der Waals surface area (Å²) in [5, 5.41) is 4.96. The molecule has 1 aromatic carbocycles. The van der Waals surface area contributed by atoms with E-state index in [1.54, 1.807) is 0 Å². The lowest BCUT2D eigenvalue weighted by Crippen LogP contribution is -2.60. The zero-order chi connectivity index (χ0) is 36.1. The fraction of sp³-hybridized carbons (Fsp3) is 0.676. The van der Waals surface area contributed by atoms with Gasteiger partial charge in [0.1, 0.15) is 17.6 Å². The number of hydrogen-bond donors (Lipinski definition) is 3. The first-order chi connectivity index (χ1) is 23.7. The number of amides is 4. The zero-order valence-corrected chi connectivity index (χ0v) is 30.5. The fourth-order valence-electron chi connectivity index (χ4n) is 7.00. The van der Waals surface area contributed by atoms with Crippen molar-refractivity contribution >= 4 is 33.8 Å². The summed E-state index contributed by atoms with van der Waals surface area (Å²) in [6.45, 7) is 10.0. The number of nitrogens with zero attached hydrogens (tertiary/aromatic N) is 1. The average molecular weight is 715 g/mol. The van der Waals surface area contributed by atoms with E-state index in [2.05, 4.69) is 46.2 Å². The van der Waals surface area contributed by atoms with E-state index in [1.165, 1.54) is 22.1 Å². The van der Waals surface area contributed by atoms with Crippen LogP contribution < -0.4 is 15.4 Å². The van der Waals surface area contributed by atoms with Gasteiger partial charge in [0.2, 0.25) is 21.8 Å². The lowest BCUT2D eigenvalue weighted by molar-refractivity contribution is -0.143. The minimum atomic E-state index is -3.85. The molecule has 0 spiro atoms. The van der Waals surface area contributed by atoms with Gasteiger partial charge >= 0.3 is 6.09 Å². The highest BCUT2D eigenvalue weighted by Crippen LogP contribution is 2.45. The minimum absolute atomic E-state index is 0.107. The van der Waals surface area contributed by atoms with Crippen LogP contribution in [-0.4, -0.2) is 85.9 Å². The van der Waals surface area contributed by atoms with Crippen LogP contribution in [-0.2, 0) is 46.7 Å². The minimum Gasteiger partial charge on any atom is -0.450 e. The van der Waals surface area contributed by atoms with Gasteiger partial charge < -0.3 is 25.0 Å². The predicted molar refractivity (Wildman–Crippen MR) is 188 cm³/mol. The van der Waals surface area contributed by atoms with Gasteiger partial charge in [0.15, 0.2) is 0 Å². The van der Waals surface area contributed by atoms with Crippen molar-refractivity contribution in [2.24, 2.45) is 11.3 Å². The van der Waals surface area contributed by atoms with Gasteiger partial charge in [-0.1, -0.05) is 70.4 Å². The summed E-state index contributed by atoms with van der Waals surface area (Å²) in [6.07, 6.45) is 9.15. The molecule has 4 aliphatic rings. The van der Waals surface area contributed by atoms with Gasteiger partial charge in [0.25, 0.3) is 5.91 Å². The highest BCUT2D eigenvalue weighted by molar-refractivity contribution is 7.91. The molecule has 1 aromatic rings. The van der Waals surface area contributed by atoms with Gasteiger partial charge in [0.05, 0.1) is 18.0 Å². The first-order valence-corrected chi connectivity index (χ1v) is 19.7. The van der Waals surface area contributed by atoms with Crippen molar-refractivity contribution in [3.63, 3.8) is 0 Å². The van der Waals surface area contributed by atoms with E-state index in [0.717, 1.165) is 44.9 Å². The third kappa shape index (κ3) is 9.45. The standard InChI is InChI=1S/C37H54N4O8S/c1-5-27-23-37(27,34(44)40-50(46,47)29-17-18-29)39-32(42)30-22-28-24-41(30)33(43)31(36(2,3)4)38-35(45)49-19-10-8-6-7-9-13-25-14-11-15-26(21-25)16-12-20-48-28/h5,11,14-15,21,27-31H,1,6-10,12-13,16-20,22-24H2,2-4H3,(H,38,45)(H,39,42)(H,40,44)/t27-,28+,30-,31+,37-/m0/s1. The monoisotopic (exact) mass is 714 g/mol. The number of cyclic esters (lactones) is 1. The SMILES string of the molecule is C=C[C@H]1C[C@@]1(NC(=O)[C@@H]1C[C@@H]2CN1C(=O)[C@H](C(C)(C)C)NC(=O)OCCCCCCCc1cccc(c1)CCCO2)C(=O)NS(=O)(=O)C1CC1. The summed E-state index contributed by atoms with van der Waals surface area (Å²) < 4.78 is 39.1. The van der Waals surface area contributed by atoms with Crippen LogP contribution in [0.5, 0.6) is 0 Å². The third-order valence-corrected chi connectivity index (χ3v) is 12.1. The maximum absolute atomic E-state index is 14.3. The number of benzene rings is 1. The Bertz CT molecular complexity index is 1540. The molecule has 0 radical (unpaired) electrons. The van der Waals surface area contributed by atoms with Crippen LogP contribution >= 0.6 is 0 Å². The van der Waals surface area contributed by atoms with Gasteiger partial charge in [-0.25, -0.2) is 13.2 Å². The van der Waals surface area contributed by atoms with Crippen molar-refractivity contribution in [1.82, 2.24) is 20.3 Å². The number of nitrogens with one attached hydrogen (secondary N) is 3. The van der Waals surface area contributed by atoms with Crippen LogP contribution in [0.1, 0.15) is 96.1 Å². The van der Waals surface area contributed by atoms with E-state index in [1.807, 2.05) is 20.8 Å². The van der Waals surface area contributed by atoms with Crippen molar-refractivity contribution in [3.8, 4) is 0 Å². The summed E-state index contributed by atoms with van der Waals surface area (Å²) in [4.78, 5) is 56.1. The van der Waals surface area contributed by atoms with Crippen molar-refractivity contribution in [1.29, 1.82) is 0 Å². The molecule has 2 aliphatic carbocycles. The Morgan fingerprint density at radius 3 is 2.36 bits per heavy atom. The Morgan fingerprint density at radius 1 is 1.02 bits per heavy atom. The summed E-state index contributed by atoms with van der Waals surface area (Å²) in [6, 6.07) is 6.57. The summed E-state index contributed by atoms with van der Waals surface area (Å²) in [7, 11) is -3.85. The van der Waals surface area contributed by atoms with Crippen molar-refractivity contribution in [2.45, 2.75) is 127 Å². The van der Waals surface area contributed by atoms with Gasteiger partial charge in [-0.3, -0.25) is 19.1 Å². The van der Waals surface area contributed by atoms with Crippen molar-refractivity contribution in [2.75, 3.05) is 19.8 Å². The average Bonchev–Trinajstić information content (AvgIpc) is 3.99. The molecule has 1 saturated heterocycles. The number of aryl methyl sites for hydroxylation is 2. The van der Waals surface area contributed by atoms with E-state index < -0.39 is 74.1 Å². The molecule has 0 unspecified atom stereocenters. The van der Waals surface area contributed by atoms with Gasteiger partial charge in [-0.15, -0.1) is 6.58 Å². The predicted octanol–water partition coefficient (Wildman–Crippen LogP) is 3.92. The topological polar surface area (TPSA) is 160 Å². The first-order valence-electron chi connectivity index (χ1n) is 18.2. The Labute approximate surface area is 296 Å². The second-order valence-electron chi connectivity index (χ2n) is 15.4. The highest BCUT2D eigenvalue weighted by atomic mass is 32.2. The molecule has 0 aromatic heterocycles. The molecule has 12 nitrogen and oxygen atoms in total. The van der Waals surface area contributed by atoms with Crippen LogP contribution in [0.4, 0.5) is 4.79 Å². The number of alkyl carbamates (subject to hydrolysis) is 1. The largest absolute Gasteiger partial charge is 0.450 e. The molecule has 5 rings (SSSR count). The molecule has 13 heteroatoms. The zero-order valence-electron chi connectivity index (χ0n) is 29.7. The van der Waals surface area contributed by atoms with E-state index in [4.69, 9.17) is 9.47 Å². The van der Waals surface area contributed by atoms with Crippen LogP contribution in [0.25, 0.3) is 0 Å². The normalized spacial score (nSPS) is 29.0. The maximum atomic E-state index is 14.3. The second kappa shape index (κ2) is 15.8. The van der Waals surface area contributed by atoms with Gasteiger partial charge in [0, 0.05) is 25.5 Å². The molecule has 3 N–H and O–H groups in total. The summed E-state index contributed by atoms with van der Waals surface area (Å²) in [5.74, 6) is -2.33. The van der Waals surface area contributed by atoms with Crippen molar-refractivity contribution < 1.29 is 37.1 Å². The number of carbonyl (C=O) groups excluding carboxylic acids is 4. The molecule has 276 valence electrons. The maximum Gasteiger partial charge on any atom is 0.407 e. The van der Waals surface area contributed by atoms with E-state index >= 15 is 0 Å². The van der Waals surface area contributed by atoms with Crippen LogP contribution in [0.3, 0.4) is 0 Å². The third-order valence-electron chi connectivity index (χ3n) is 10.3. The number of carbonyl (C=O) groups is 4. The number of ether oxygens (including phenoxy) is 2. The molecule has 50 heavy (non-hydrogen) atoms. The first kappa shape index (κ1) is 37.8. The smallest absolute Gasteiger partial charge is 0.407 e. The number of fused-ring (bicyclic) bond motifs is 4. The molecule has 4 amide bonds. The fourth-order valence-corrected chi connectivity index (χ4v) is 8.36. The van der Waals surface area contributed by atoms with E-state index in [-0.39, 0.29) is 26.0 Å². The number of rotatable bonds is 6. The molecule has 2 aliphatic heterocycles. The van der Waals surface area contributed by atoms with E-state index in [0.29, 0.717) is 25.9 Å². The number of hydrogen-bond acceptors (Lipinski definition) is 8. The number of sulfonamides is 1. The Kier molecular flexibility index (Phi) is 12.0. The molecule has 2 saturated carbocycles. The second-order valence-corrected chi connectivity index (χ2v) is 17.4. The van der Waals surface area contributed by atoms with E-state index in [9.17, 15) is 27.6 Å². The quantitative estimate of drug-likeness (QED) is 0.374. The molecular formula is C37H54N4O8S. The lowest BCUT2D eigenvalue weighted by Gasteiger charge is -2.35. The lowest BCUT2D eigenvalue weighted by atomic mass is 9.85.